The van der Waals surface area contributed by atoms with Crippen LogP contribution in [0.5, 0.6) is 5.75 Å². The van der Waals surface area contributed by atoms with Crippen LogP contribution in [0.2, 0.25) is 0 Å². The molecule has 3 aliphatic rings. The topological polar surface area (TPSA) is 141 Å². The molecule has 2 aromatic rings. The largest absolute Gasteiger partial charge is 0.508 e. The van der Waals surface area contributed by atoms with E-state index in [2.05, 4.69) is 0 Å². The lowest BCUT2D eigenvalue weighted by Crippen LogP contribution is -2.64. The average Bonchev–Trinajstić information content (AvgIpc) is 2.85. The Hall–Kier alpha value is -3.47. The van der Waals surface area contributed by atoms with Gasteiger partial charge < -0.3 is 19.5 Å². The molecule has 0 heterocycles. The molecular formula is C27H27NO8S. The van der Waals surface area contributed by atoms with Crippen molar-refractivity contribution in [2.75, 3.05) is 14.1 Å². The van der Waals surface area contributed by atoms with Gasteiger partial charge in [0.25, 0.3) is 0 Å². The van der Waals surface area contributed by atoms with Gasteiger partial charge in [0.2, 0.25) is 5.78 Å². The number of carbonyl (C=O) groups is 2. The van der Waals surface area contributed by atoms with E-state index in [1.165, 1.54) is 25.1 Å². The summed E-state index contributed by atoms with van der Waals surface area (Å²) in [6, 6.07) is 11.4. The molecule has 0 aromatic heterocycles. The molecule has 1 saturated carbocycles. The zero-order chi connectivity index (χ0) is 26.9. The van der Waals surface area contributed by atoms with E-state index in [-0.39, 0.29) is 46.0 Å². The number of Topliss-reactive ketones (excluding diaryl/α,β-unsaturated/α-hetero) is 2. The highest BCUT2D eigenvalue weighted by molar-refractivity contribution is 7.87. The number of hydrogen-bond donors (Lipinski definition) is 3. The smallest absolute Gasteiger partial charge is 0.339 e. The number of fused-ring (bicyclic) bond motifs is 3. The van der Waals surface area contributed by atoms with Gasteiger partial charge in [-0.05, 0) is 63.5 Å². The van der Waals surface area contributed by atoms with Crippen LogP contribution in [0.25, 0.3) is 5.76 Å². The van der Waals surface area contributed by atoms with Gasteiger partial charge in [-0.15, -0.1) is 0 Å². The maximum absolute atomic E-state index is 13.8. The Kier molecular flexibility index (Phi) is 5.82. The third kappa shape index (κ3) is 3.62. The van der Waals surface area contributed by atoms with Crippen LogP contribution >= 0.6 is 0 Å². The molecule has 10 heteroatoms. The van der Waals surface area contributed by atoms with Crippen molar-refractivity contribution >= 4 is 27.4 Å². The summed E-state index contributed by atoms with van der Waals surface area (Å²) in [5, 5.41) is 33.8. The van der Waals surface area contributed by atoms with Gasteiger partial charge in [0, 0.05) is 17.1 Å². The second-order valence-corrected chi connectivity index (χ2v) is 11.5. The van der Waals surface area contributed by atoms with Crippen LogP contribution in [-0.2, 0) is 26.1 Å². The van der Waals surface area contributed by atoms with E-state index < -0.39 is 50.9 Å². The maximum atomic E-state index is 13.8. The molecule has 4 unspecified atom stereocenters. The van der Waals surface area contributed by atoms with Gasteiger partial charge in [0.15, 0.2) is 17.1 Å². The summed E-state index contributed by atoms with van der Waals surface area (Å²) >= 11 is 0. The fourth-order valence-electron chi connectivity index (χ4n) is 5.92. The molecule has 1 fully saturated rings. The zero-order valence-electron chi connectivity index (χ0n) is 20.5. The lowest BCUT2D eigenvalue weighted by Gasteiger charge is -2.50. The van der Waals surface area contributed by atoms with Crippen molar-refractivity contribution in [3.05, 3.63) is 76.6 Å². The van der Waals surface area contributed by atoms with E-state index in [1.54, 1.807) is 49.3 Å². The molecule has 3 aliphatic carbocycles. The molecule has 9 nitrogen and oxygen atoms in total. The summed E-state index contributed by atoms with van der Waals surface area (Å²) in [6.07, 6.45) is 0.383. The summed E-state index contributed by atoms with van der Waals surface area (Å²) in [5.41, 5.74) is -2.04. The second-order valence-electron chi connectivity index (χ2n) is 9.99. The highest BCUT2D eigenvalue weighted by atomic mass is 32.2. The standard InChI is InChI=1S/C27H27NO8S/c1-14-23(29)22(28(2)3)18-13-16-12-15-8-7-11-19(36-37(34,35)17-9-5-4-6-10-17)20(15)24(30)21(16)26(32)27(18,33)25(14)31/h4-11,16,18,22,30-31,33H,12-13H2,1-3H3. The minimum absolute atomic E-state index is 0.0416. The van der Waals surface area contributed by atoms with Crippen LogP contribution in [0, 0.1) is 11.8 Å². The van der Waals surface area contributed by atoms with Gasteiger partial charge in [-0.1, -0.05) is 30.3 Å². The van der Waals surface area contributed by atoms with E-state index in [1.807, 2.05) is 0 Å². The van der Waals surface area contributed by atoms with Crippen molar-refractivity contribution in [2.45, 2.75) is 36.3 Å². The first-order valence-corrected chi connectivity index (χ1v) is 13.2. The number of nitrogens with zero attached hydrogens (tertiary/aromatic N) is 1. The third-order valence-corrected chi connectivity index (χ3v) is 8.92. The molecule has 0 aliphatic heterocycles. The van der Waals surface area contributed by atoms with Gasteiger partial charge >= 0.3 is 10.1 Å². The normalized spacial score (nSPS) is 27.6. The monoisotopic (exact) mass is 525 g/mol. The lowest BCUT2D eigenvalue weighted by atomic mass is 9.57. The lowest BCUT2D eigenvalue weighted by molar-refractivity contribution is -0.153. The number of rotatable bonds is 4. The van der Waals surface area contributed by atoms with Crippen LogP contribution in [0.15, 0.2) is 70.3 Å². The number of aliphatic hydroxyl groups is 3. The van der Waals surface area contributed by atoms with Crippen molar-refractivity contribution < 1.29 is 37.5 Å². The Bertz CT molecular complexity index is 1490. The predicted octanol–water partition coefficient (Wildman–Crippen LogP) is 2.56. The average molecular weight is 526 g/mol. The van der Waals surface area contributed by atoms with Crippen molar-refractivity contribution in [2.24, 2.45) is 11.8 Å². The second kappa shape index (κ2) is 8.54. The van der Waals surface area contributed by atoms with Gasteiger partial charge in [0.1, 0.15) is 16.4 Å². The molecular weight excluding hydrogens is 498 g/mol. The molecule has 5 rings (SSSR count). The van der Waals surface area contributed by atoms with Crippen LogP contribution in [0.3, 0.4) is 0 Å². The molecule has 0 bridgehead atoms. The Morgan fingerprint density at radius 3 is 2.35 bits per heavy atom. The third-order valence-electron chi connectivity index (χ3n) is 7.67. The number of benzene rings is 2. The minimum Gasteiger partial charge on any atom is -0.508 e. The van der Waals surface area contributed by atoms with Gasteiger partial charge in [-0.2, -0.15) is 8.42 Å². The molecule has 0 saturated heterocycles. The highest BCUT2D eigenvalue weighted by Crippen LogP contribution is 2.52. The summed E-state index contributed by atoms with van der Waals surface area (Å²) in [6.45, 7) is 1.35. The molecule has 3 N–H and O–H groups in total. The summed E-state index contributed by atoms with van der Waals surface area (Å²) in [5.74, 6) is -4.17. The Balaban J connectivity index is 1.64. The Morgan fingerprint density at radius 1 is 1.03 bits per heavy atom. The van der Waals surface area contributed by atoms with E-state index in [0.717, 1.165) is 0 Å². The summed E-state index contributed by atoms with van der Waals surface area (Å²) < 4.78 is 31.2. The molecule has 4 atom stereocenters. The van der Waals surface area contributed by atoms with Crippen molar-refractivity contribution in [1.82, 2.24) is 4.90 Å². The van der Waals surface area contributed by atoms with E-state index in [9.17, 15) is 33.3 Å². The predicted molar refractivity (Wildman–Crippen MR) is 133 cm³/mol. The SMILES string of the molecule is CC1=C(O)C2(O)C(=O)C3=C(O)c4c(cccc4OS(=O)(=O)c4ccccc4)CC3CC2C(N(C)C)C1=O. The first-order chi connectivity index (χ1) is 17.4. The summed E-state index contributed by atoms with van der Waals surface area (Å²) in [4.78, 5) is 28.4. The maximum Gasteiger partial charge on any atom is 0.339 e. The number of aliphatic hydroxyl groups excluding tert-OH is 2. The van der Waals surface area contributed by atoms with Crippen molar-refractivity contribution in [3.8, 4) is 5.75 Å². The number of carbonyl (C=O) groups excluding carboxylic acids is 2. The number of ketones is 2. The molecule has 0 amide bonds. The summed E-state index contributed by atoms with van der Waals surface area (Å²) in [7, 11) is -0.910. The van der Waals surface area contributed by atoms with E-state index >= 15 is 0 Å². The zero-order valence-corrected chi connectivity index (χ0v) is 21.3. The molecule has 0 spiro atoms. The fourth-order valence-corrected chi connectivity index (χ4v) is 6.88. The Labute approximate surface area is 214 Å². The van der Waals surface area contributed by atoms with Crippen molar-refractivity contribution in [3.63, 3.8) is 0 Å². The fraction of sp³-hybridized carbons (Fsp3) is 0.333. The molecule has 2 aromatic carbocycles. The quantitative estimate of drug-likeness (QED) is 0.514. The van der Waals surface area contributed by atoms with Crippen LogP contribution in [0.1, 0.15) is 24.5 Å². The van der Waals surface area contributed by atoms with Crippen LogP contribution in [-0.4, -0.2) is 65.9 Å². The first-order valence-electron chi connectivity index (χ1n) is 11.8. The van der Waals surface area contributed by atoms with Gasteiger partial charge in [-0.3, -0.25) is 14.5 Å². The number of hydrogen-bond acceptors (Lipinski definition) is 9. The minimum atomic E-state index is -4.24. The number of likely N-dealkylation sites (N-methyl/N-ethyl adjacent to an activating group) is 1. The molecule has 194 valence electrons. The van der Waals surface area contributed by atoms with Crippen molar-refractivity contribution in [1.29, 1.82) is 0 Å². The van der Waals surface area contributed by atoms with Gasteiger partial charge in [0.05, 0.1) is 11.6 Å². The van der Waals surface area contributed by atoms with Crippen LogP contribution in [0.4, 0.5) is 0 Å². The van der Waals surface area contributed by atoms with Gasteiger partial charge in [-0.25, -0.2) is 0 Å². The molecule has 0 radical (unpaired) electrons. The Morgan fingerprint density at radius 2 is 1.70 bits per heavy atom. The molecule has 37 heavy (non-hydrogen) atoms. The first kappa shape index (κ1) is 25.2. The highest BCUT2D eigenvalue weighted by Gasteiger charge is 2.62. The van der Waals surface area contributed by atoms with E-state index in [0.29, 0.717) is 5.56 Å². The van der Waals surface area contributed by atoms with Crippen LogP contribution < -0.4 is 4.18 Å². The van der Waals surface area contributed by atoms with E-state index in [4.69, 9.17) is 4.18 Å².